The van der Waals surface area contributed by atoms with Gasteiger partial charge in [0.25, 0.3) is 0 Å². The van der Waals surface area contributed by atoms with Crippen LogP contribution in [0.4, 0.5) is 4.39 Å². The second-order valence-corrected chi connectivity index (χ2v) is 5.78. The highest BCUT2D eigenvalue weighted by molar-refractivity contribution is 9.10. The van der Waals surface area contributed by atoms with Crippen LogP contribution in [0.5, 0.6) is 0 Å². The average Bonchev–Trinajstić information content (AvgIpc) is 2.77. The largest absolute Gasteiger partial charge is 0.383 e. The van der Waals surface area contributed by atoms with E-state index in [9.17, 15) is 9.18 Å². The molecule has 0 spiro atoms. The van der Waals surface area contributed by atoms with E-state index in [-0.39, 0.29) is 5.56 Å². The van der Waals surface area contributed by atoms with Crippen LogP contribution in [0.25, 0.3) is 0 Å². The first-order chi connectivity index (χ1) is 9.54. The van der Waals surface area contributed by atoms with Gasteiger partial charge < -0.3 is 4.74 Å². The molecule has 1 aromatic carbocycles. The summed E-state index contributed by atoms with van der Waals surface area (Å²) in [7, 11) is 1.56. The van der Waals surface area contributed by atoms with Gasteiger partial charge in [0.15, 0.2) is 0 Å². The maximum atomic E-state index is 13.9. The Kier molecular flexibility index (Phi) is 5.06. The van der Waals surface area contributed by atoms with Crippen molar-refractivity contribution in [2.45, 2.75) is 6.54 Å². The maximum Gasteiger partial charge on any atom is 0.215 e. The molecule has 20 heavy (non-hydrogen) atoms. The Balaban J connectivity index is 2.40. The number of halogens is 3. The molecule has 0 radical (unpaired) electrons. The Hall–Kier alpha value is -1.05. The highest BCUT2D eigenvalue weighted by Gasteiger charge is 2.21. The minimum Gasteiger partial charge on any atom is -0.383 e. The SMILES string of the molecule is COCCn1ncc(Br)c1C(=O)c1ccc(Br)cc1F. The minimum atomic E-state index is -0.573. The third-order valence-electron chi connectivity index (χ3n) is 2.69. The lowest BCUT2D eigenvalue weighted by atomic mass is 10.1. The summed E-state index contributed by atoms with van der Waals surface area (Å²) >= 11 is 6.43. The number of ketones is 1. The molecular formula is C13H11Br2FN2O2. The second kappa shape index (κ2) is 6.60. The fourth-order valence-corrected chi connectivity index (χ4v) is 2.55. The highest BCUT2D eigenvalue weighted by Crippen LogP contribution is 2.23. The third kappa shape index (κ3) is 3.16. The van der Waals surface area contributed by atoms with Gasteiger partial charge in [-0.15, -0.1) is 0 Å². The molecule has 0 saturated carbocycles. The molecular weight excluding hydrogens is 395 g/mol. The number of carbonyl (C=O) groups is 1. The lowest BCUT2D eigenvalue weighted by Gasteiger charge is -2.08. The van der Waals surface area contributed by atoms with Crippen LogP contribution in [0.1, 0.15) is 16.1 Å². The molecule has 2 rings (SSSR count). The molecule has 0 saturated heterocycles. The van der Waals surface area contributed by atoms with Crippen molar-refractivity contribution >= 4 is 37.6 Å². The predicted molar refractivity (Wildman–Crippen MR) is 79.3 cm³/mol. The standard InChI is InChI=1S/C13H11Br2FN2O2/c1-20-5-4-18-12(10(15)7-17-18)13(19)9-3-2-8(14)6-11(9)16/h2-3,6-7H,4-5H2,1H3. The molecule has 0 unspecified atom stereocenters. The van der Waals surface area contributed by atoms with Gasteiger partial charge in [0.05, 0.1) is 29.4 Å². The van der Waals surface area contributed by atoms with E-state index in [1.807, 2.05) is 0 Å². The summed E-state index contributed by atoms with van der Waals surface area (Å²) in [4.78, 5) is 12.5. The monoisotopic (exact) mass is 404 g/mol. The molecule has 0 aliphatic carbocycles. The Morgan fingerprint density at radius 2 is 2.20 bits per heavy atom. The van der Waals surface area contributed by atoms with Gasteiger partial charge in [-0.25, -0.2) is 4.39 Å². The maximum absolute atomic E-state index is 13.9. The summed E-state index contributed by atoms with van der Waals surface area (Å²) < 4.78 is 21.5. The molecule has 106 valence electrons. The molecule has 1 heterocycles. The van der Waals surface area contributed by atoms with E-state index >= 15 is 0 Å². The Morgan fingerprint density at radius 3 is 2.85 bits per heavy atom. The molecule has 7 heteroatoms. The zero-order valence-electron chi connectivity index (χ0n) is 10.6. The summed E-state index contributed by atoms with van der Waals surface area (Å²) in [5.74, 6) is -0.994. The normalized spacial score (nSPS) is 10.8. The first kappa shape index (κ1) is 15.3. The van der Waals surface area contributed by atoms with E-state index in [2.05, 4.69) is 37.0 Å². The average molecular weight is 406 g/mol. The van der Waals surface area contributed by atoms with Crippen molar-refractivity contribution in [3.63, 3.8) is 0 Å². The number of hydrogen-bond donors (Lipinski definition) is 0. The molecule has 0 N–H and O–H groups in total. The van der Waals surface area contributed by atoms with Crippen LogP contribution in [0.15, 0.2) is 33.3 Å². The first-order valence-corrected chi connectivity index (χ1v) is 7.33. The summed E-state index contributed by atoms with van der Waals surface area (Å²) in [6, 6.07) is 4.33. The number of carbonyl (C=O) groups excluding carboxylic acids is 1. The zero-order chi connectivity index (χ0) is 14.7. The third-order valence-corrected chi connectivity index (χ3v) is 3.77. The van der Waals surface area contributed by atoms with Crippen LogP contribution >= 0.6 is 31.9 Å². The predicted octanol–water partition coefficient (Wildman–Crippen LogP) is 3.42. The van der Waals surface area contributed by atoms with E-state index in [4.69, 9.17) is 4.74 Å². The smallest absolute Gasteiger partial charge is 0.215 e. The molecule has 0 atom stereocenters. The molecule has 0 aliphatic heterocycles. The number of rotatable bonds is 5. The molecule has 4 nitrogen and oxygen atoms in total. The number of hydrogen-bond acceptors (Lipinski definition) is 3. The second-order valence-electron chi connectivity index (χ2n) is 4.01. The Bertz CT molecular complexity index is 643. The van der Waals surface area contributed by atoms with Gasteiger partial charge in [-0.2, -0.15) is 5.10 Å². The first-order valence-electron chi connectivity index (χ1n) is 5.74. The van der Waals surface area contributed by atoms with Crippen molar-refractivity contribution in [1.29, 1.82) is 0 Å². The lowest BCUT2D eigenvalue weighted by Crippen LogP contribution is -2.15. The van der Waals surface area contributed by atoms with Crippen LogP contribution < -0.4 is 0 Å². The number of benzene rings is 1. The molecule has 2 aromatic rings. The number of aromatic nitrogens is 2. The summed E-state index contributed by atoms with van der Waals surface area (Å²) in [6.07, 6.45) is 1.51. The van der Waals surface area contributed by atoms with Crippen LogP contribution in [0.2, 0.25) is 0 Å². The number of nitrogens with zero attached hydrogens (tertiary/aromatic N) is 2. The number of ether oxygens (including phenoxy) is 1. The summed E-state index contributed by atoms with van der Waals surface area (Å²) in [5.41, 5.74) is 0.316. The van der Waals surface area contributed by atoms with E-state index in [0.717, 1.165) is 0 Å². The minimum absolute atomic E-state index is 0.00747. The van der Waals surface area contributed by atoms with Crippen molar-refractivity contribution in [1.82, 2.24) is 9.78 Å². The van der Waals surface area contributed by atoms with Crippen LogP contribution in [-0.4, -0.2) is 29.3 Å². The van der Waals surface area contributed by atoms with Gasteiger partial charge in [0.1, 0.15) is 11.5 Å². The van der Waals surface area contributed by atoms with E-state index in [1.54, 1.807) is 13.2 Å². The van der Waals surface area contributed by atoms with Crippen molar-refractivity contribution < 1.29 is 13.9 Å². The van der Waals surface area contributed by atoms with Gasteiger partial charge in [-0.3, -0.25) is 9.48 Å². The number of methoxy groups -OCH3 is 1. The fourth-order valence-electron chi connectivity index (χ4n) is 1.74. The Morgan fingerprint density at radius 1 is 1.45 bits per heavy atom. The molecule has 0 aliphatic rings. The Labute approximate surface area is 132 Å². The highest BCUT2D eigenvalue weighted by atomic mass is 79.9. The topological polar surface area (TPSA) is 44.1 Å². The summed E-state index contributed by atoms with van der Waals surface area (Å²) in [6.45, 7) is 0.832. The van der Waals surface area contributed by atoms with Gasteiger partial charge >= 0.3 is 0 Å². The lowest BCUT2D eigenvalue weighted by molar-refractivity contribution is 0.102. The van der Waals surface area contributed by atoms with Crippen molar-refractivity contribution in [3.8, 4) is 0 Å². The van der Waals surface area contributed by atoms with Crippen LogP contribution in [0, 0.1) is 5.82 Å². The summed E-state index contributed by atoms with van der Waals surface area (Å²) in [5, 5.41) is 4.08. The van der Waals surface area contributed by atoms with Gasteiger partial charge in [0.2, 0.25) is 5.78 Å². The van der Waals surface area contributed by atoms with Gasteiger partial charge in [-0.05, 0) is 34.1 Å². The van der Waals surface area contributed by atoms with E-state index in [0.29, 0.717) is 27.8 Å². The molecule has 1 aromatic heterocycles. The zero-order valence-corrected chi connectivity index (χ0v) is 13.7. The van der Waals surface area contributed by atoms with Crippen molar-refractivity contribution in [2.75, 3.05) is 13.7 Å². The quantitative estimate of drug-likeness (QED) is 0.716. The van der Waals surface area contributed by atoms with Crippen LogP contribution in [0.3, 0.4) is 0 Å². The fraction of sp³-hybridized carbons (Fsp3) is 0.231. The molecule has 0 bridgehead atoms. The van der Waals surface area contributed by atoms with Crippen molar-refractivity contribution in [2.24, 2.45) is 0 Å². The molecule has 0 fully saturated rings. The van der Waals surface area contributed by atoms with E-state index < -0.39 is 11.6 Å². The molecule has 0 amide bonds. The van der Waals surface area contributed by atoms with Crippen LogP contribution in [-0.2, 0) is 11.3 Å². The van der Waals surface area contributed by atoms with E-state index in [1.165, 1.54) is 23.0 Å². The van der Waals surface area contributed by atoms with Gasteiger partial charge in [0, 0.05) is 11.6 Å². The van der Waals surface area contributed by atoms with Crippen molar-refractivity contribution in [3.05, 3.63) is 50.4 Å². The van der Waals surface area contributed by atoms with Gasteiger partial charge in [-0.1, -0.05) is 15.9 Å².